The molecule has 13 heavy (non-hydrogen) atoms. The molecule has 0 saturated carbocycles. The molecule has 0 aromatic carbocycles. The van der Waals surface area contributed by atoms with Crippen LogP contribution in [0.2, 0.25) is 0 Å². The highest BCUT2D eigenvalue weighted by atomic mass is 35.5. The van der Waals surface area contributed by atoms with Crippen LogP contribution in [-0.2, 0) is 4.79 Å². The quantitative estimate of drug-likeness (QED) is 0.793. The highest BCUT2D eigenvalue weighted by molar-refractivity contribution is 6.36. The van der Waals surface area contributed by atoms with Crippen LogP contribution in [0.25, 0.3) is 0 Å². The van der Waals surface area contributed by atoms with Gasteiger partial charge in [-0.1, -0.05) is 23.2 Å². The van der Waals surface area contributed by atoms with E-state index in [1.54, 1.807) is 0 Å². The molecule has 1 heterocycles. The summed E-state index contributed by atoms with van der Waals surface area (Å²) in [5.41, 5.74) is 1.32. The van der Waals surface area contributed by atoms with Crippen molar-refractivity contribution in [3.63, 3.8) is 0 Å². The second kappa shape index (κ2) is 4.84. The van der Waals surface area contributed by atoms with Gasteiger partial charge in [0.15, 0.2) is 0 Å². The number of hydrogen-bond acceptors (Lipinski definition) is 2. The second-order valence-electron chi connectivity index (χ2n) is 3.11. The Morgan fingerprint density at radius 3 is 2.85 bits per heavy atom. The van der Waals surface area contributed by atoms with Crippen LogP contribution in [0, 0.1) is 5.92 Å². The molecule has 1 unspecified atom stereocenters. The largest absolute Gasteiger partial charge is 0.481 e. The Bertz CT molecular complexity index is 230. The molecule has 0 aliphatic carbocycles. The summed E-state index contributed by atoms with van der Waals surface area (Å²) in [7, 11) is 0. The van der Waals surface area contributed by atoms with E-state index in [2.05, 4.69) is 0 Å². The molecule has 0 radical (unpaired) electrons. The zero-order valence-corrected chi connectivity index (χ0v) is 8.55. The maximum Gasteiger partial charge on any atom is 0.307 e. The molecule has 1 aliphatic rings. The molecule has 1 atom stereocenters. The molecule has 1 N–H and O–H groups in total. The fourth-order valence-electron chi connectivity index (χ4n) is 1.43. The van der Waals surface area contributed by atoms with Gasteiger partial charge < -0.3 is 5.11 Å². The molecule has 0 aromatic heterocycles. The first kappa shape index (κ1) is 10.8. The van der Waals surface area contributed by atoms with E-state index >= 15 is 0 Å². The van der Waals surface area contributed by atoms with Crippen LogP contribution in [0.1, 0.15) is 6.42 Å². The van der Waals surface area contributed by atoms with Crippen molar-refractivity contribution in [2.45, 2.75) is 6.42 Å². The molecule has 0 spiro atoms. The first-order valence-electron chi connectivity index (χ1n) is 4.03. The van der Waals surface area contributed by atoms with Gasteiger partial charge in [0.1, 0.15) is 0 Å². The summed E-state index contributed by atoms with van der Waals surface area (Å²) in [6.07, 6.45) is 0.696. The minimum absolute atomic E-state index is 0.250. The van der Waals surface area contributed by atoms with Crippen LogP contribution in [-0.4, -0.2) is 35.6 Å². The van der Waals surface area contributed by atoms with Gasteiger partial charge in [-0.05, 0) is 13.0 Å². The number of aliphatic carboxylic acids is 1. The van der Waals surface area contributed by atoms with Crippen molar-refractivity contribution in [2.75, 3.05) is 19.6 Å². The minimum atomic E-state index is -0.728. The van der Waals surface area contributed by atoms with Gasteiger partial charge in [-0.25, -0.2) is 0 Å². The first-order valence-corrected chi connectivity index (χ1v) is 4.85. The normalized spacial score (nSPS) is 25.1. The highest BCUT2D eigenvalue weighted by Gasteiger charge is 2.27. The van der Waals surface area contributed by atoms with E-state index in [-0.39, 0.29) is 5.92 Å². The SMILES string of the molecule is O=C(O)C1CCN(C/C(Cl)=C/Cl)C1. The predicted octanol–water partition coefficient (Wildman–Crippen LogP) is 1.71. The zero-order chi connectivity index (χ0) is 9.84. The van der Waals surface area contributed by atoms with Crippen LogP contribution in [0.3, 0.4) is 0 Å². The topological polar surface area (TPSA) is 40.5 Å². The molecular formula is C8H11Cl2NO2. The summed E-state index contributed by atoms with van der Waals surface area (Å²) < 4.78 is 0. The minimum Gasteiger partial charge on any atom is -0.481 e. The Hall–Kier alpha value is -0.250. The Labute approximate surface area is 86.9 Å². The van der Waals surface area contributed by atoms with Crippen molar-refractivity contribution < 1.29 is 9.90 Å². The molecule has 1 rings (SSSR count). The molecule has 1 fully saturated rings. The first-order chi connectivity index (χ1) is 6.13. The lowest BCUT2D eigenvalue weighted by atomic mass is 10.1. The van der Waals surface area contributed by atoms with Crippen LogP contribution >= 0.6 is 23.2 Å². The maximum atomic E-state index is 10.6. The fraction of sp³-hybridized carbons (Fsp3) is 0.625. The number of carboxylic acid groups (broad SMARTS) is 1. The van der Waals surface area contributed by atoms with E-state index in [4.69, 9.17) is 28.3 Å². The van der Waals surface area contributed by atoms with E-state index in [1.807, 2.05) is 4.90 Å². The highest BCUT2D eigenvalue weighted by Crippen LogP contribution is 2.18. The van der Waals surface area contributed by atoms with Gasteiger partial charge in [-0.15, -0.1) is 0 Å². The van der Waals surface area contributed by atoms with Crippen LogP contribution in [0.5, 0.6) is 0 Å². The lowest BCUT2D eigenvalue weighted by Gasteiger charge is -2.13. The average Bonchev–Trinajstić information content (AvgIpc) is 2.52. The Morgan fingerprint density at radius 1 is 1.69 bits per heavy atom. The van der Waals surface area contributed by atoms with Crippen LogP contribution in [0.15, 0.2) is 10.6 Å². The second-order valence-corrected chi connectivity index (χ2v) is 3.82. The fourth-order valence-corrected chi connectivity index (χ4v) is 1.66. The summed E-state index contributed by atoms with van der Waals surface area (Å²) in [4.78, 5) is 12.6. The summed E-state index contributed by atoms with van der Waals surface area (Å²) in [6, 6.07) is 0. The van der Waals surface area contributed by atoms with E-state index in [1.165, 1.54) is 5.54 Å². The monoisotopic (exact) mass is 223 g/mol. The lowest BCUT2D eigenvalue weighted by Crippen LogP contribution is -2.24. The molecular weight excluding hydrogens is 213 g/mol. The zero-order valence-electron chi connectivity index (χ0n) is 7.04. The number of carbonyl (C=O) groups is 1. The third-order valence-corrected chi connectivity index (χ3v) is 2.72. The maximum absolute atomic E-state index is 10.6. The van der Waals surface area contributed by atoms with Gasteiger partial charge in [0, 0.05) is 23.7 Å². The molecule has 74 valence electrons. The van der Waals surface area contributed by atoms with E-state index in [0.29, 0.717) is 24.5 Å². The van der Waals surface area contributed by atoms with Crippen molar-refractivity contribution in [2.24, 2.45) is 5.92 Å². The van der Waals surface area contributed by atoms with E-state index < -0.39 is 5.97 Å². The Morgan fingerprint density at radius 2 is 2.38 bits per heavy atom. The van der Waals surface area contributed by atoms with Gasteiger partial charge in [0.05, 0.1) is 5.92 Å². The molecule has 1 aliphatic heterocycles. The summed E-state index contributed by atoms with van der Waals surface area (Å²) in [6.45, 7) is 1.89. The van der Waals surface area contributed by atoms with Gasteiger partial charge >= 0.3 is 5.97 Å². The van der Waals surface area contributed by atoms with Crippen LogP contribution < -0.4 is 0 Å². The van der Waals surface area contributed by atoms with Crippen molar-refractivity contribution in [3.05, 3.63) is 10.6 Å². The molecule has 1 saturated heterocycles. The number of nitrogens with zero attached hydrogens (tertiary/aromatic N) is 1. The third kappa shape index (κ3) is 3.18. The molecule has 0 amide bonds. The number of likely N-dealkylation sites (tertiary alicyclic amines) is 1. The van der Waals surface area contributed by atoms with E-state index in [9.17, 15) is 4.79 Å². The molecule has 0 aromatic rings. The Balaban J connectivity index is 2.37. The van der Waals surface area contributed by atoms with Crippen molar-refractivity contribution in [3.8, 4) is 0 Å². The average molecular weight is 224 g/mol. The molecule has 3 nitrogen and oxygen atoms in total. The van der Waals surface area contributed by atoms with Gasteiger partial charge in [0.25, 0.3) is 0 Å². The standard InChI is InChI=1S/C8H11Cl2NO2/c9-3-7(10)5-11-2-1-6(4-11)8(12)13/h3,6H,1-2,4-5H2,(H,12,13)/b7-3-. The summed E-state index contributed by atoms with van der Waals surface area (Å²) >= 11 is 11.1. The third-order valence-electron chi connectivity index (χ3n) is 2.11. The van der Waals surface area contributed by atoms with Crippen LogP contribution in [0.4, 0.5) is 0 Å². The smallest absolute Gasteiger partial charge is 0.307 e. The molecule has 5 heteroatoms. The number of rotatable bonds is 3. The number of carboxylic acids is 1. The number of hydrogen-bond donors (Lipinski definition) is 1. The van der Waals surface area contributed by atoms with Gasteiger partial charge in [-0.2, -0.15) is 0 Å². The lowest BCUT2D eigenvalue weighted by molar-refractivity contribution is -0.141. The summed E-state index contributed by atoms with van der Waals surface area (Å²) in [5, 5.41) is 9.27. The predicted molar refractivity (Wildman–Crippen MR) is 52.0 cm³/mol. The molecule has 0 bridgehead atoms. The van der Waals surface area contributed by atoms with E-state index in [0.717, 1.165) is 6.54 Å². The van der Waals surface area contributed by atoms with Crippen molar-refractivity contribution in [1.82, 2.24) is 4.90 Å². The summed E-state index contributed by atoms with van der Waals surface area (Å²) in [5.74, 6) is -0.978. The van der Waals surface area contributed by atoms with Crippen molar-refractivity contribution in [1.29, 1.82) is 0 Å². The van der Waals surface area contributed by atoms with Gasteiger partial charge in [-0.3, -0.25) is 9.69 Å². The van der Waals surface area contributed by atoms with Gasteiger partial charge in [0.2, 0.25) is 0 Å². The number of halogens is 2. The van der Waals surface area contributed by atoms with Crippen molar-refractivity contribution >= 4 is 29.2 Å². The Kier molecular flexibility index (Phi) is 4.03.